The van der Waals surface area contributed by atoms with Gasteiger partial charge in [0.05, 0.1) is 0 Å². The second-order valence-electron chi connectivity index (χ2n) is 8.57. The molecule has 1 aliphatic carbocycles. The highest BCUT2D eigenvalue weighted by Crippen LogP contribution is 2.27. The molecule has 0 radical (unpaired) electrons. The van der Waals surface area contributed by atoms with Gasteiger partial charge in [-0.2, -0.15) is 0 Å². The van der Waals surface area contributed by atoms with Crippen molar-refractivity contribution in [2.75, 3.05) is 17.2 Å². The Morgan fingerprint density at radius 3 is 2.03 bits per heavy atom. The van der Waals surface area contributed by atoms with Gasteiger partial charge in [-0.3, -0.25) is 9.59 Å². The Hall–Kier alpha value is -2.57. The fourth-order valence-electron chi connectivity index (χ4n) is 3.34. The average molecular weight is 404 g/mol. The molecular weight excluding hydrogens is 370 g/mol. The molecule has 29 heavy (non-hydrogen) atoms. The van der Waals surface area contributed by atoms with Crippen LogP contribution in [0.1, 0.15) is 65.7 Å². The summed E-state index contributed by atoms with van der Waals surface area (Å²) in [7, 11) is 0. The Morgan fingerprint density at radius 2 is 1.48 bits per heavy atom. The van der Waals surface area contributed by atoms with Gasteiger partial charge in [-0.1, -0.05) is 32.1 Å². The summed E-state index contributed by atoms with van der Waals surface area (Å²) in [5.74, 6) is 0.343. The number of amides is 3. The molecule has 0 aromatic heterocycles. The molecule has 7 heteroatoms. The first-order valence-electron chi connectivity index (χ1n) is 10.4. The first-order chi connectivity index (χ1) is 13.7. The van der Waals surface area contributed by atoms with Crippen LogP contribution in [0, 0.1) is 5.92 Å². The molecule has 2 rings (SSSR count). The van der Waals surface area contributed by atoms with Crippen LogP contribution in [-0.2, 0) is 14.3 Å². The average Bonchev–Trinajstić information content (AvgIpc) is 2.66. The maximum Gasteiger partial charge on any atom is 0.408 e. The van der Waals surface area contributed by atoms with E-state index in [1.54, 1.807) is 45.0 Å². The van der Waals surface area contributed by atoms with Crippen molar-refractivity contribution >= 4 is 29.3 Å². The Morgan fingerprint density at radius 1 is 0.931 bits per heavy atom. The number of rotatable bonds is 7. The highest BCUT2D eigenvalue weighted by molar-refractivity contribution is 5.94. The fourth-order valence-corrected chi connectivity index (χ4v) is 3.34. The lowest BCUT2D eigenvalue weighted by Gasteiger charge is -2.21. The molecule has 0 atom stereocenters. The van der Waals surface area contributed by atoms with E-state index in [4.69, 9.17) is 4.74 Å². The number of anilines is 2. The van der Waals surface area contributed by atoms with E-state index in [0.29, 0.717) is 23.7 Å². The summed E-state index contributed by atoms with van der Waals surface area (Å²) in [4.78, 5) is 35.6. The van der Waals surface area contributed by atoms with Crippen LogP contribution in [0.2, 0.25) is 0 Å². The van der Waals surface area contributed by atoms with Gasteiger partial charge in [0.25, 0.3) is 0 Å². The highest BCUT2D eigenvalue weighted by Gasteiger charge is 2.17. The summed E-state index contributed by atoms with van der Waals surface area (Å²) in [6.45, 7) is 5.07. The van der Waals surface area contributed by atoms with Crippen LogP contribution in [0.3, 0.4) is 0 Å². The van der Waals surface area contributed by atoms with Gasteiger partial charge in [0.1, 0.15) is 12.1 Å². The van der Waals surface area contributed by atoms with Crippen molar-refractivity contribution in [2.45, 2.75) is 71.3 Å². The molecule has 0 unspecified atom stereocenters. The van der Waals surface area contributed by atoms with E-state index in [2.05, 4.69) is 16.0 Å². The first-order valence-corrected chi connectivity index (χ1v) is 10.4. The molecule has 0 aliphatic heterocycles. The molecule has 0 spiro atoms. The van der Waals surface area contributed by atoms with Crippen LogP contribution in [-0.4, -0.2) is 30.1 Å². The number of ether oxygens (including phenoxy) is 1. The summed E-state index contributed by atoms with van der Waals surface area (Å²) in [6.07, 6.45) is 7.22. The second-order valence-corrected chi connectivity index (χ2v) is 8.57. The van der Waals surface area contributed by atoms with E-state index in [1.165, 1.54) is 32.1 Å². The maximum absolute atomic E-state index is 12.1. The number of benzene rings is 1. The zero-order valence-corrected chi connectivity index (χ0v) is 17.7. The summed E-state index contributed by atoms with van der Waals surface area (Å²) in [6, 6.07) is 6.91. The second kappa shape index (κ2) is 10.8. The number of nitrogens with one attached hydrogen (secondary N) is 3. The molecule has 0 saturated heterocycles. The molecule has 0 heterocycles. The minimum Gasteiger partial charge on any atom is -0.444 e. The van der Waals surface area contributed by atoms with Gasteiger partial charge in [0, 0.05) is 17.8 Å². The Bertz CT molecular complexity index is 689. The van der Waals surface area contributed by atoms with Crippen LogP contribution in [0.4, 0.5) is 16.2 Å². The number of alkyl carbamates (subject to hydrolysis) is 1. The van der Waals surface area contributed by atoms with Crippen LogP contribution >= 0.6 is 0 Å². The number of hydrogen-bond donors (Lipinski definition) is 3. The van der Waals surface area contributed by atoms with Crippen molar-refractivity contribution in [3.8, 4) is 0 Å². The third kappa shape index (κ3) is 9.45. The molecule has 3 amide bonds. The lowest BCUT2D eigenvalue weighted by Crippen LogP contribution is -2.37. The van der Waals surface area contributed by atoms with Crippen molar-refractivity contribution in [3.63, 3.8) is 0 Å². The van der Waals surface area contributed by atoms with Crippen molar-refractivity contribution in [1.29, 1.82) is 0 Å². The van der Waals surface area contributed by atoms with E-state index >= 15 is 0 Å². The van der Waals surface area contributed by atoms with E-state index in [1.807, 2.05) is 0 Å². The van der Waals surface area contributed by atoms with E-state index < -0.39 is 11.7 Å². The third-order valence-electron chi connectivity index (χ3n) is 4.75. The van der Waals surface area contributed by atoms with Crippen LogP contribution < -0.4 is 16.0 Å². The molecule has 3 N–H and O–H groups in total. The fraction of sp³-hybridized carbons (Fsp3) is 0.591. The van der Waals surface area contributed by atoms with Crippen molar-refractivity contribution in [3.05, 3.63) is 24.3 Å². The first kappa shape index (κ1) is 22.7. The number of carbonyl (C=O) groups excluding carboxylic acids is 3. The van der Waals surface area contributed by atoms with Crippen LogP contribution in [0.5, 0.6) is 0 Å². The lowest BCUT2D eigenvalue weighted by molar-refractivity contribution is -0.117. The lowest BCUT2D eigenvalue weighted by atomic mass is 9.86. The van der Waals surface area contributed by atoms with Gasteiger partial charge in [-0.05, 0) is 57.4 Å². The number of hydrogen-bond acceptors (Lipinski definition) is 4. The molecule has 1 saturated carbocycles. The SMILES string of the molecule is CC(C)(C)OC(=O)NCC(=O)Nc1ccc(NC(=O)CCC2CCCCC2)cc1. The Labute approximate surface area is 173 Å². The van der Waals surface area contributed by atoms with Gasteiger partial charge in [0.2, 0.25) is 11.8 Å². The van der Waals surface area contributed by atoms with Gasteiger partial charge in [-0.15, -0.1) is 0 Å². The van der Waals surface area contributed by atoms with Crippen molar-refractivity contribution in [2.24, 2.45) is 5.92 Å². The van der Waals surface area contributed by atoms with E-state index in [-0.39, 0.29) is 18.4 Å². The normalized spacial score (nSPS) is 14.7. The van der Waals surface area contributed by atoms with Crippen molar-refractivity contribution < 1.29 is 19.1 Å². The van der Waals surface area contributed by atoms with Gasteiger partial charge in [-0.25, -0.2) is 4.79 Å². The molecule has 1 aromatic carbocycles. The zero-order valence-electron chi connectivity index (χ0n) is 17.7. The molecule has 1 aliphatic rings. The van der Waals surface area contributed by atoms with Gasteiger partial charge in [0.15, 0.2) is 0 Å². The van der Waals surface area contributed by atoms with Crippen LogP contribution in [0.25, 0.3) is 0 Å². The van der Waals surface area contributed by atoms with Crippen LogP contribution in [0.15, 0.2) is 24.3 Å². The minimum absolute atomic E-state index is 0.0221. The molecule has 0 bridgehead atoms. The quantitative estimate of drug-likeness (QED) is 0.627. The molecular formula is C22H33N3O4. The Balaban J connectivity index is 1.69. The van der Waals surface area contributed by atoms with Gasteiger partial charge >= 0.3 is 6.09 Å². The monoisotopic (exact) mass is 403 g/mol. The standard InChI is InChI=1S/C22H33N3O4/c1-22(2,3)29-21(28)23-15-20(27)25-18-12-10-17(11-13-18)24-19(26)14-9-16-7-5-4-6-8-16/h10-13,16H,4-9,14-15H2,1-3H3,(H,23,28)(H,24,26)(H,25,27). The summed E-state index contributed by atoms with van der Waals surface area (Å²) < 4.78 is 5.08. The highest BCUT2D eigenvalue weighted by atomic mass is 16.6. The summed E-state index contributed by atoms with van der Waals surface area (Å²) >= 11 is 0. The smallest absolute Gasteiger partial charge is 0.408 e. The van der Waals surface area contributed by atoms with Crippen molar-refractivity contribution in [1.82, 2.24) is 5.32 Å². The Kier molecular flexibility index (Phi) is 8.49. The van der Waals surface area contributed by atoms with E-state index in [9.17, 15) is 14.4 Å². The number of carbonyl (C=O) groups is 3. The zero-order chi connectivity index (χ0) is 21.3. The molecule has 160 valence electrons. The predicted molar refractivity (Wildman–Crippen MR) is 114 cm³/mol. The summed E-state index contributed by atoms with van der Waals surface area (Å²) in [5.41, 5.74) is 0.668. The topological polar surface area (TPSA) is 96.5 Å². The molecule has 1 aromatic rings. The molecule has 1 fully saturated rings. The third-order valence-corrected chi connectivity index (χ3v) is 4.75. The molecule has 7 nitrogen and oxygen atoms in total. The predicted octanol–water partition coefficient (Wildman–Crippen LogP) is 4.45. The largest absolute Gasteiger partial charge is 0.444 e. The minimum atomic E-state index is -0.640. The van der Waals surface area contributed by atoms with Gasteiger partial charge < -0.3 is 20.7 Å². The maximum atomic E-state index is 12.1. The van der Waals surface area contributed by atoms with E-state index in [0.717, 1.165) is 6.42 Å². The summed E-state index contributed by atoms with van der Waals surface area (Å²) in [5, 5.41) is 7.99.